The summed E-state index contributed by atoms with van der Waals surface area (Å²) in [5.74, 6) is 1.22. The molecular formula is C21H24ClN2O+. The van der Waals surface area contributed by atoms with Gasteiger partial charge in [-0.25, -0.2) is 0 Å². The number of aliphatic hydroxyl groups is 1. The fourth-order valence-electron chi connectivity index (χ4n) is 4.02. The molecule has 0 saturated heterocycles. The van der Waals surface area contributed by atoms with Gasteiger partial charge in [0.05, 0.1) is 6.54 Å². The van der Waals surface area contributed by atoms with Crippen molar-refractivity contribution in [3.8, 4) is 0 Å². The first-order chi connectivity index (χ1) is 12.1. The van der Waals surface area contributed by atoms with Crippen LogP contribution in [0.5, 0.6) is 0 Å². The third kappa shape index (κ3) is 2.96. The minimum atomic E-state index is -1.05. The van der Waals surface area contributed by atoms with Crippen LogP contribution in [0.3, 0.4) is 0 Å². The van der Waals surface area contributed by atoms with Crippen LogP contribution in [0.1, 0.15) is 36.8 Å². The van der Waals surface area contributed by atoms with Gasteiger partial charge in [0.2, 0.25) is 0 Å². The van der Waals surface area contributed by atoms with Crippen LogP contribution in [0, 0.1) is 6.92 Å². The molecule has 2 aliphatic rings. The molecule has 2 aromatic rings. The van der Waals surface area contributed by atoms with Gasteiger partial charge in [-0.1, -0.05) is 41.4 Å². The van der Waals surface area contributed by atoms with E-state index < -0.39 is 5.72 Å². The highest BCUT2D eigenvalue weighted by atomic mass is 35.5. The van der Waals surface area contributed by atoms with E-state index in [0.29, 0.717) is 11.6 Å². The Hall–Kier alpha value is -1.84. The van der Waals surface area contributed by atoms with Crippen LogP contribution in [0.15, 0.2) is 48.5 Å². The lowest BCUT2D eigenvalue weighted by molar-refractivity contribution is -0.534. The second-order valence-corrected chi connectivity index (χ2v) is 7.58. The number of amidine groups is 1. The maximum atomic E-state index is 11.8. The highest BCUT2D eigenvalue weighted by molar-refractivity contribution is 6.30. The third-order valence-electron chi connectivity index (χ3n) is 5.33. The molecular weight excluding hydrogens is 332 g/mol. The van der Waals surface area contributed by atoms with Gasteiger partial charge in [0, 0.05) is 17.0 Å². The minimum Gasteiger partial charge on any atom is -0.346 e. The molecule has 25 heavy (non-hydrogen) atoms. The molecule has 4 rings (SSSR count). The molecule has 1 N–H and O–H groups in total. The Morgan fingerprint density at radius 2 is 1.72 bits per heavy atom. The van der Waals surface area contributed by atoms with Crippen LogP contribution < -0.4 is 4.90 Å². The number of rotatable bonds is 2. The number of benzene rings is 2. The molecule has 0 fully saturated rings. The lowest BCUT2D eigenvalue weighted by Crippen LogP contribution is -2.47. The van der Waals surface area contributed by atoms with Gasteiger partial charge in [0.1, 0.15) is 5.69 Å². The fraction of sp³-hybridized carbons (Fsp3) is 0.381. The van der Waals surface area contributed by atoms with E-state index in [2.05, 4.69) is 28.5 Å². The molecule has 0 amide bonds. The maximum Gasteiger partial charge on any atom is 0.275 e. The standard InChI is InChI=1S/C21H24ClN2O/c1-16-6-8-17(9-7-16)21(25)15-23-14-4-2-3-5-20(23)24(21)19-12-10-18(22)11-13-19/h6-13,25H,2-5,14-15H2,1H3/q+1/t21-/m1/s1. The van der Waals surface area contributed by atoms with Crippen molar-refractivity contribution in [1.82, 2.24) is 0 Å². The van der Waals surface area contributed by atoms with E-state index in [4.69, 9.17) is 11.6 Å². The zero-order valence-electron chi connectivity index (χ0n) is 14.6. The van der Waals surface area contributed by atoms with Crippen molar-refractivity contribution in [2.45, 2.75) is 38.3 Å². The number of nitrogens with zero attached hydrogens (tertiary/aromatic N) is 2. The van der Waals surface area contributed by atoms with E-state index in [1.54, 1.807) is 0 Å². The van der Waals surface area contributed by atoms with Crippen LogP contribution >= 0.6 is 11.6 Å². The first-order valence-corrected chi connectivity index (χ1v) is 9.42. The topological polar surface area (TPSA) is 26.5 Å². The molecule has 0 bridgehead atoms. The molecule has 0 radical (unpaired) electrons. The quantitative estimate of drug-likeness (QED) is 0.813. The SMILES string of the molecule is Cc1ccc([C@]2(O)C[N+]3=C(CCCCC3)N2c2ccc(Cl)cc2)cc1. The van der Waals surface area contributed by atoms with E-state index in [-0.39, 0.29) is 0 Å². The van der Waals surface area contributed by atoms with Gasteiger partial charge in [-0.05, 0) is 50.5 Å². The maximum absolute atomic E-state index is 11.8. The Balaban J connectivity index is 1.83. The van der Waals surface area contributed by atoms with E-state index in [1.165, 1.54) is 30.7 Å². The smallest absolute Gasteiger partial charge is 0.275 e. The summed E-state index contributed by atoms with van der Waals surface area (Å²) in [6.45, 7) is 3.68. The predicted octanol–water partition coefficient (Wildman–Crippen LogP) is 4.30. The molecule has 4 heteroatoms. The summed E-state index contributed by atoms with van der Waals surface area (Å²) in [5, 5.41) is 12.5. The molecule has 0 saturated carbocycles. The van der Waals surface area contributed by atoms with Crippen LogP contribution in [-0.2, 0) is 5.72 Å². The molecule has 0 unspecified atom stereocenters. The van der Waals surface area contributed by atoms with Crippen molar-refractivity contribution in [2.24, 2.45) is 0 Å². The van der Waals surface area contributed by atoms with Gasteiger partial charge >= 0.3 is 0 Å². The highest BCUT2D eigenvalue weighted by Crippen LogP contribution is 2.38. The first kappa shape index (κ1) is 16.6. The van der Waals surface area contributed by atoms with E-state index in [1.807, 2.05) is 36.4 Å². The minimum absolute atomic E-state index is 0.605. The van der Waals surface area contributed by atoms with Crippen molar-refractivity contribution >= 4 is 23.1 Å². The predicted molar refractivity (Wildman–Crippen MR) is 102 cm³/mol. The number of hydrogen-bond acceptors (Lipinski definition) is 2. The van der Waals surface area contributed by atoms with E-state index >= 15 is 0 Å². The number of hydrogen-bond donors (Lipinski definition) is 1. The second kappa shape index (κ2) is 6.47. The summed E-state index contributed by atoms with van der Waals surface area (Å²) < 4.78 is 2.36. The summed E-state index contributed by atoms with van der Waals surface area (Å²) >= 11 is 6.09. The second-order valence-electron chi connectivity index (χ2n) is 7.14. The summed E-state index contributed by atoms with van der Waals surface area (Å²) in [5.41, 5.74) is 2.08. The Morgan fingerprint density at radius 1 is 1.00 bits per heavy atom. The Kier molecular flexibility index (Phi) is 4.30. The van der Waals surface area contributed by atoms with Gasteiger partial charge < -0.3 is 5.11 Å². The van der Waals surface area contributed by atoms with Gasteiger partial charge in [0.15, 0.2) is 6.54 Å². The van der Waals surface area contributed by atoms with Crippen LogP contribution in [-0.4, -0.2) is 28.6 Å². The lowest BCUT2D eigenvalue weighted by atomic mass is 9.99. The van der Waals surface area contributed by atoms with Crippen LogP contribution in [0.2, 0.25) is 5.02 Å². The normalized spacial score (nSPS) is 23.6. The number of halogens is 1. The lowest BCUT2D eigenvalue weighted by Gasteiger charge is -2.29. The van der Waals surface area contributed by atoms with Crippen molar-refractivity contribution in [1.29, 1.82) is 0 Å². The van der Waals surface area contributed by atoms with Crippen molar-refractivity contribution in [3.63, 3.8) is 0 Å². The van der Waals surface area contributed by atoms with Gasteiger partial charge in [-0.3, -0.25) is 4.58 Å². The molecule has 0 aliphatic carbocycles. The molecule has 0 spiro atoms. The zero-order chi connectivity index (χ0) is 17.4. The highest BCUT2D eigenvalue weighted by Gasteiger charge is 2.53. The van der Waals surface area contributed by atoms with Crippen molar-refractivity contribution in [2.75, 3.05) is 18.0 Å². The van der Waals surface area contributed by atoms with Gasteiger partial charge in [0.25, 0.3) is 11.6 Å². The Labute approximate surface area is 154 Å². The van der Waals surface area contributed by atoms with E-state index in [0.717, 1.165) is 24.2 Å². The molecule has 0 aromatic heterocycles. The first-order valence-electron chi connectivity index (χ1n) is 9.04. The molecule has 1 atom stereocenters. The summed E-state index contributed by atoms with van der Waals surface area (Å²) in [6, 6.07) is 16.0. The Morgan fingerprint density at radius 3 is 2.44 bits per heavy atom. The fourth-order valence-corrected chi connectivity index (χ4v) is 4.14. The summed E-state index contributed by atoms with van der Waals surface area (Å²) in [4.78, 5) is 2.12. The molecule has 2 heterocycles. The largest absolute Gasteiger partial charge is 0.346 e. The molecule has 130 valence electrons. The number of anilines is 1. The van der Waals surface area contributed by atoms with Crippen molar-refractivity contribution < 1.29 is 9.68 Å². The van der Waals surface area contributed by atoms with E-state index in [9.17, 15) is 5.11 Å². The summed E-state index contributed by atoms with van der Waals surface area (Å²) in [6.07, 6.45) is 4.59. The molecule has 2 aromatic carbocycles. The Bertz CT molecular complexity index is 798. The van der Waals surface area contributed by atoms with Crippen LogP contribution in [0.25, 0.3) is 0 Å². The van der Waals surface area contributed by atoms with Crippen molar-refractivity contribution in [3.05, 3.63) is 64.7 Å². The third-order valence-corrected chi connectivity index (χ3v) is 5.58. The summed E-state index contributed by atoms with van der Waals surface area (Å²) in [7, 11) is 0. The molecule has 3 nitrogen and oxygen atoms in total. The zero-order valence-corrected chi connectivity index (χ0v) is 15.3. The van der Waals surface area contributed by atoms with Gasteiger partial charge in [-0.15, -0.1) is 0 Å². The van der Waals surface area contributed by atoms with Gasteiger partial charge in [-0.2, -0.15) is 4.90 Å². The average molecular weight is 356 g/mol. The van der Waals surface area contributed by atoms with Crippen LogP contribution in [0.4, 0.5) is 5.69 Å². The number of aryl methyl sites for hydroxylation is 1. The average Bonchev–Trinajstić information content (AvgIpc) is 2.74. The molecule has 2 aliphatic heterocycles. The monoisotopic (exact) mass is 355 g/mol.